The number of hydrogen-bond acceptors (Lipinski definition) is 5. The van der Waals surface area contributed by atoms with Gasteiger partial charge >= 0.3 is 0 Å². The maximum atomic E-state index is 11.7. The maximum absolute atomic E-state index is 11.7. The first kappa shape index (κ1) is 17.4. The lowest BCUT2D eigenvalue weighted by molar-refractivity contribution is -0.134. The summed E-state index contributed by atoms with van der Waals surface area (Å²) in [4.78, 5) is 11.7. The molecular weight excluding hydrogens is 300 g/mol. The van der Waals surface area contributed by atoms with Gasteiger partial charge in [-0.1, -0.05) is 0 Å². The Hall–Kier alpha value is -0.690. The fourth-order valence-corrected chi connectivity index (χ4v) is 2.66. The largest absolute Gasteiger partial charge is 0.468 e. The van der Waals surface area contributed by atoms with Crippen LogP contribution in [0.25, 0.3) is 0 Å². The van der Waals surface area contributed by atoms with Crippen LogP contribution in [-0.2, 0) is 15.3 Å². The lowest BCUT2D eigenvalue weighted by atomic mass is 10.3. The van der Waals surface area contributed by atoms with Crippen molar-refractivity contribution in [2.75, 3.05) is 32.0 Å². The second-order valence-electron chi connectivity index (χ2n) is 4.34. The van der Waals surface area contributed by atoms with Crippen molar-refractivity contribution in [1.82, 2.24) is 10.6 Å². The van der Waals surface area contributed by atoms with Crippen LogP contribution in [-0.4, -0.2) is 44.0 Å². The normalized spacial score (nSPS) is 18.3. The van der Waals surface area contributed by atoms with Crippen molar-refractivity contribution >= 4 is 30.1 Å². The number of hydrogen-bond donors (Lipinski definition) is 2. The molecule has 20 heavy (non-hydrogen) atoms. The molecule has 0 aliphatic carbocycles. The summed E-state index contributed by atoms with van der Waals surface area (Å²) in [6.45, 7) is 2.74. The number of rotatable bonds is 7. The third kappa shape index (κ3) is 6.17. The average Bonchev–Trinajstić information content (AvgIpc) is 2.96. The summed E-state index contributed by atoms with van der Waals surface area (Å²) in [7, 11) is 0. The zero-order valence-electron chi connectivity index (χ0n) is 11.3. The van der Waals surface area contributed by atoms with Crippen LogP contribution < -0.4 is 10.6 Å². The number of morpholine rings is 1. The lowest BCUT2D eigenvalue weighted by Gasteiger charge is -2.22. The number of nitrogens with one attached hydrogen (secondary N) is 2. The molecule has 1 fully saturated rings. The molecule has 2 heterocycles. The highest BCUT2D eigenvalue weighted by atomic mass is 35.5. The Morgan fingerprint density at radius 2 is 2.45 bits per heavy atom. The fraction of sp³-hybridized carbons (Fsp3) is 0.615. The van der Waals surface area contributed by atoms with Crippen LogP contribution in [0.4, 0.5) is 0 Å². The number of carbonyl (C=O) groups is 1. The van der Waals surface area contributed by atoms with Gasteiger partial charge in [0.15, 0.2) is 0 Å². The number of amides is 1. The van der Waals surface area contributed by atoms with Crippen molar-refractivity contribution in [1.29, 1.82) is 0 Å². The monoisotopic (exact) mass is 320 g/mol. The Kier molecular flexibility index (Phi) is 8.77. The molecule has 1 aromatic heterocycles. The molecule has 1 aliphatic rings. The van der Waals surface area contributed by atoms with E-state index in [1.54, 1.807) is 6.26 Å². The predicted octanol–water partition coefficient (Wildman–Crippen LogP) is 1.43. The van der Waals surface area contributed by atoms with Crippen LogP contribution in [0.2, 0.25) is 0 Å². The van der Waals surface area contributed by atoms with Gasteiger partial charge in [0.1, 0.15) is 11.9 Å². The molecule has 0 bridgehead atoms. The molecule has 5 nitrogen and oxygen atoms in total. The SMILES string of the molecule is Cl.O=C(NCCCSCc1ccco1)C1CNCCO1. The molecular formula is C13H21ClN2O3S. The van der Waals surface area contributed by atoms with Gasteiger partial charge in [-0.05, 0) is 24.3 Å². The molecule has 0 aromatic carbocycles. The molecule has 1 amide bonds. The van der Waals surface area contributed by atoms with Crippen molar-refractivity contribution in [3.63, 3.8) is 0 Å². The average molecular weight is 321 g/mol. The van der Waals surface area contributed by atoms with Gasteiger partial charge < -0.3 is 19.8 Å². The predicted molar refractivity (Wildman–Crippen MR) is 82.4 cm³/mol. The summed E-state index contributed by atoms with van der Waals surface area (Å²) in [6, 6.07) is 3.87. The van der Waals surface area contributed by atoms with Gasteiger partial charge in [-0.25, -0.2) is 0 Å². The molecule has 2 N–H and O–H groups in total. The van der Waals surface area contributed by atoms with Crippen LogP contribution in [0.5, 0.6) is 0 Å². The molecule has 0 saturated carbocycles. The number of carbonyl (C=O) groups excluding carboxylic acids is 1. The zero-order chi connectivity index (χ0) is 13.3. The molecule has 1 atom stereocenters. The van der Waals surface area contributed by atoms with E-state index in [1.807, 2.05) is 23.9 Å². The highest BCUT2D eigenvalue weighted by molar-refractivity contribution is 7.98. The summed E-state index contributed by atoms with van der Waals surface area (Å²) in [5.41, 5.74) is 0. The third-order valence-corrected chi connectivity index (χ3v) is 3.88. The van der Waals surface area contributed by atoms with Gasteiger partial charge in [0.25, 0.3) is 0 Å². The minimum Gasteiger partial charge on any atom is -0.468 e. The first-order valence-corrected chi connectivity index (χ1v) is 7.72. The van der Waals surface area contributed by atoms with Crippen molar-refractivity contribution in [2.24, 2.45) is 0 Å². The zero-order valence-corrected chi connectivity index (χ0v) is 12.9. The summed E-state index contributed by atoms with van der Waals surface area (Å²) >= 11 is 1.81. The van der Waals surface area contributed by atoms with E-state index >= 15 is 0 Å². The highest BCUT2D eigenvalue weighted by Crippen LogP contribution is 2.12. The van der Waals surface area contributed by atoms with Gasteiger partial charge in [0, 0.05) is 19.6 Å². The smallest absolute Gasteiger partial charge is 0.250 e. The molecule has 2 rings (SSSR count). The topological polar surface area (TPSA) is 63.5 Å². The van der Waals surface area contributed by atoms with Gasteiger partial charge in [-0.3, -0.25) is 4.79 Å². The quantitative estimate of drug-likeness (QED) is 0.744. The molecule has 1 saturated heterocycles. The Bertz CT molecular complexity index is 370. The Morgan fingerprint density at radius 1 is 1.55 bits per heavy atom. The molecule has 0 radical (unpaired) electrons. The standard InChI is InChI=1S/C13H20N2O3S.ClH/c16-13(12-9-14-5-7-18-12)15-4-2-8-19-10-11-3-1-6-17-11;/h1,3,6,12,14H,2,4-5,7-10H2,(H,15,16);1H. The molecule has 1 unspecified atom stereocenters. The van der Waals surface area contributed by atoms with Gasteiger partial charge in [0.05, 0.1) is 18.6 Å². The lowest BCUT2D eigenvalue weighted by Crippen LogP contribution is -2.48. The minimum atomic E-state index is -0.329. The van der Waals surface area contributed by atoms with E-state index in [1.165, 1.54) is 0 Å². The molecule has 114 valence electrons. The van der Waals surface area contributed by atoms with Crippen LogP contribution in [0.15, 0.2) is 22.8 Å². The second kappa shape index (κ2) is 10.1. The molecule has 7 heteroatoms. The van der Waals surface area contributed by atoms with E-state index in [0.29, 0.717) is 19.7 Å². The number of furan rings is 1. The van der Waals surface area contributed by atoms with E-state index in [0.717, 1.165) is 30.2 Å². The van der Waals surface area contributed by atoms with Crippen molar-refractivity contribution < 1.29 is 13.9 Å². The van der Waals surface area contributed by atoms with E-state index in [-0.39, 0.29) is 24.4 Å². The summed E-state index contributed by atoms with van der Waals surface area (Å²) in [5.74, 6) is 2.88. The van der Waals surface area contributed by atoms with Crippen LogP contribution in [0.1, 0.15) is 12.2 Å². The van der Waals surface area contributed by atoms with Gasteiger partial charge in [-0.15, -0.1) is 12.4 Å². The minimum absolute atomic E-state index is 0. The van der Waals surface area contributed by atoms with E-state index in [2.05, 4.69) is 10.6 Å². The molecule has 0 spiro atoms. The highest BCUT2D eigenvalue weighted by Gasteiger charge is 2.20. The number of thioether (sulfide) groups is 1. The van der Waals surface area contributed by atoms with Gasteiger partial charge in [-0.2, -0.15) is 11.8 Å². The molecule has 1 aliphatic heterocycles. The first-order chi connectivity index (χ1) is 9.36. The first-order valence-electron chi connectivity index (χ1n) is 6.56. The molecule has 1 aromatic rings. The van der Waals surface area contributed by atoms with Crippen LogP contribution >= 0.6 is 24.2 Å². The van der Waals surface area contributed by atoms with Crippen molar-refractivity contribution in [3.05, 3.63) is 24.2 Å². The Balaban J connectivity index is 0.00000200. The Labute approximate surface area is 129 Å². The number of halogens is 1. The maximum Gasteiger partial charge on any atom is 0.250 e. The third-order valence-electron chi connectivity index (χ3n) is 2.81. The van der Waals surface area contributed by atoms with Gasteiger partial charge in [0.2, 0.25) is 5.91 Å². The second-order valence-corrected chi connectivity index (χ2v) is 5.45. The Morgan fingerprint density at radius 3 is 3.15 bits per heavy atom. The van der Waals surface area contributed by atoms with E-state index in [9.17, 15) is 4.79 Å². The van der Waals surface area contributed by atoms with Crippen molar-refractivity contribution in [2.45, 2.75) is 18.3 Å². The summed E-state index contributed by atoms with van der Waals surface area (Å²) < 4.78 is 10.6. The fourth-order valence-electron chi connectivity index (χ4n) is 1.80. The van der Waals surface area contributed by atoms with Crippen LogP contribution in [0.3, 0.4) is 0 Å². The van der Waals surface area contributed by atoms with Crippen LogP contribution in [0, 0.1) is 0 Å². The van der Waals surface area contributed by atoms with Crippen molar-refractivity contribution in [3.8, 4) is 0 Å². The summed E-state index contributed by atoms with van der Waals surface area (Å²) in [5, 5.41) is 6.05. The summed E-state index contributed by atoms with van der Waals surface area (Å²) in [6.07, 6.45) is 2.32. The number of ether oxygens (including phenoxy) is 1. The van der Waals surface area contributed by atoms with E-state index < -0.39 is 0 Å². The van der Waals surface area contributed by atoms with E-state index in [4.69, 9.17) is 9.15 Å².